The summed E-state index contributed by atoms with van der Waals surface area (Å²) in [4.78, 5) is 19.7. The lowest BCUT2D eigenvalue weighted by Crippen LogP contribution is -2.04. The lowest BCUT2D eigenvalue weighted by molar-refractivity contribution is 0.103. The molecule has 74 valence electrons. The Morgan fingerprint density at radius 3 is 2.67 bits per heavy atom. The van der Waals surface area contributed by atoms with Crippen molar-refractivity contribution in [3.63, 3.8) is 0 Å². The van der Waals surface area contributed by atoms with Crippen LogP contribution in [-0.2, 0) is 0 Å². The first-order chi connectivity index (χ1) is 7.29. The fraction of sp³-hybridized carbons (Fsp3) is 0. The molecule has 0 aliphatic carbocycles. The van der Waals surface area contributed by atoms with Crippen molar-refractivity contribution < 1.29 is 4.79 Å². The fourth-order valence-corrected chi connectivity index (χ4v) is 1.39. The Morgan fingerprint density at radius 2 is 2.00 bits per heavy atom. The Labute approximate surface area is 91.8 Å². The smallest absolute Gasteiger partial charge is 0.214 e. The molecule has 0 amide bonds. The summed E-state index contributed by atoms with van der Waals surface area (Å²) >= 11 is 5.87. The number of aromatic nitrogens is 2. The molecule has 0 aliphatic heterocycles. The third-order valence-corrected chi connectivity index (χ3v) is 2.20. The van der Waals surface area contributed by atoms with E-state index in [9.17, 15) is 4.79 Å². The van der Waals surface area contributed by atoms with Crippen LogP contribution in [0.25, 0.3) is 0 Å². The SMILES string of the molecule is O=C(c1cccnc1)c1ncccc1Cl. The van der Waals surface area contributed by atoms with Crippen LogP contribution >= 0.6 is 11.6 Å². The number of hydrogen-bond donors (Lipinski definition) is 0. The van der Waals surface area contributed by atoms with E-state index >= 15 is 0 Å². The molecule has 3 nitrogen and oxygen atoms in total. The zero-order chi connectivity index (χ0) is 10.7. The van der Waals surface area contributed by atoms with Gasteiger partial charge in [0, 0.05) is 24.2 Å². The minimum absolute atomic E-state index is 0.214. The van der Waals surface area contributed by atoms with Crippen LogP contribution < -0.4 is 0 Å². The largest absolute Gasteiger partial charge is 0.287 e. The number of rotatable bonds is 2. The summed E-state index contributed by atoms with van der Waals surface area (Å²) in [5.74, 6) is -0.214. The van der Waals surface area contributed by atoms with Crippen LogP contribution in [0.15, 0.2) is 42.9 Å². The lowest BCUT2D eigenvalue weighted by atomic mass is 10.1. The normalized spacial score (nSPS) is 9.93. The van der Waals surface area contributed by atoms with Crippen LogP contribution in [0.2, 0.25) is 5.02 Å². The Morgan fingerprint density at radius 1 is 1.20 bits per heavy atom. The third-order valence-electron chi connectivity index (χ3n) is 1.90. The van der Waals surface area contributed by atoms with Crippen molar-refractivity contribution in [1.82, 2.24) is 9.97 Å². The standard InChI is InChI=1S/C11H7ClN2O/c12-9-4-2-6-14-10(9)11(15)8-3-1-5-13-7-8/h1-7H. The molecule has 0 bridgehead atoms. The molecule has 0 atom stereocenters. The van der Waals surface area contributed by atoms with E-state index < -0.39 is 0 Å². The second-order valence-corrected chi connectivity index (χ2v) is 3.31. The van der Waals surface area contributed by atoms with Crippen molar-refractivity contribution in [2.45, 2.75) is 0 Å². The maximum Gasteiger partial charge on any atom is 0.214 e. The minimum Gasteiger partial charge on any atom is -0.287 e. The predicted molar refractivity (Wildman–Crippen MR) is 56.9 cm³/mol. The quantitative estimate of drug-likeness (QED) is 0.727. The summed E-state index contributed by atoms with van der Waals surface area (Å²) < 4.78 is 0. The van der Waals surface area contributed by atoms with Gasteiger partial charge < -0.3 is 0 Å². The zero-order valence-corrected chi connectivity index (χ0v) is 8.48. The van der Waals surface area contributed by atoms with Gasteiger partial charge in [0.1, 0.15) is 5.69 Å². The molecule has 15 heavy (non-hydrogen) atoms. The van der Waals surface area contributed by atoms with Gasteiger partial charge in [0.25, 0.3) is 0 Å². The van der Waals surface area contributed by atoms with E-state index in [2.05, 4.69) is 9.97 Å². The molecule has 0 spiro atoms. The maximum absolute atomic E-state index is 11.9. The minimum atomic E-state index is -0.214. The number of halogens is 1. The van der Waals surface area contributed by atoms with Crippen LogP contribution in [0, 0.1) is 0 Å². The molecule has 0 aliphatic rings. The van der Waals surface area contributed by atoms with Gasteiger partial charge in [0.05, 0.1) is 5.02 Å². The van der Waals surface area contributed by atoms with Gasteiger partial charge >= 0.3 is 0 Å². The number of carbonyl (C=O) groups excluding carboxylic acids is 1. The van der Waals surface area contributed by atoms with Crippen LogP contribution in [-0.4, -0.2) is 15.8 Å². The Bertz CT molecular complexity index is 485. The highest BCUT2D eigenvalue weighted by atomic mass is 35.5. The monoisotopic (exact) mass is 218 g/mol. The van der Waals surface area contributed by atoms with Gasteiger partial charge in [-0.25, -0.2) is 0 Å². The van der Waals surface area contributed by atoms with Crippen LogP contribution in [0.4, 0.5) is 0 Å². The molecule has 0 unspecified atom stereocenters. The van der Waals surface area contributed by atoms with Crippen molar-refractivity contribution in [1.29, 1.82) is 0 Å². The van der Waals surface area contributed by atoms with Gasteiger partial charge in [-0.05, 0) is 24.3 Å². The van der Waals surface area contributed by atoms with E-state index in [1.54, 1.807) is 30.5 Å². The van der Waals surface area contributed by atoms with Gasteiger partial charge in [-0.2, -0.15) is 0 Å². The van der Waals surface area contributed by atoms with Gasteiger partial charge in [-0.3, -0.25) is 14.8 Å². The highest BCUT2D eigenvalue weighted by Crippen LogP contribution is 2.15. The summed E-state index contributed by atoms with van der Waals surface area (Å²) in [7, 11) is 0. The number of pyridine rings is 2. The highest BCUT2D eigenvalue weighted by Gasteiger charge is 2.13. The number of hydrogen-bond acceptors (Lipinski definition) is 3. The maximum atomic E-state index is 11.9. The van der Waals surface area contributed by atoms with Crippen molar-refractivity contribution in [3.8, 4) is 0 Å². The molecule has 0 aromatic carbocycles. The molecular formula is C11H7ClN2O. The van der Waals surface area contributed by atoms with Crippen molar-refractivity contribution in [2.24, 2.45) is 0 Å². The second kappa shape index (κ2) is 4.19. The van der Waals surface area contributed by atoms with E-state index in [1.807, 2.05) is 0 Å². The molecule has 0 fully saturated rings. The summed E-state index contributed by atoms with van der Waals surface area (Å²) in [5.41, 5.74) is 0.741. The number of ketones is 1. The second-order valence-electron chi connectivity index (χ2n) is 2.90. The molecule has 0 N–H and O–H groups in total. The van der Waals surface area contributed by atoms with E-state index in [4.69, 9.17) is 11.6 Å². The van der Waals surface area contributed by atoms with E-state index in [1.165, 1.54) is 12.4 Å². The Kier molecular flexibility index (Phi) is 2.74. The zero-order valence-electron chi connectivity index (χ0n) is 7.72. The van der Waals surface area contributed by atoms with Gasteiger partial charge in [0.15, 0.2) is 0 Å². The summed E-state index contributed by atoms with van der Waals surface area (Å²) in [6.07, 6.45) is 4.64. The Hall–Kier alpha value is -1.74. The fourth-order valence-electron chi connectivity index (χ4n) is 1.19. The summed E-state index contributed by atoms with van der Waals surface area (Å²) in [6, 6.07) is 6.70. The Balaban J connectivity index is 2.42. The van der Waals surface area contributed by atoms with E-state index in [0.717, 1.165) is 0 Å². The molecule has 0 saturated heterocycles. The van der Waals surface area contributed by atoms with Gasteiger partial charge in [-0.15, -0.1) is 0 Å². The van der Waals surface area contributed by atoms with Crippen LogP contribution in [0.1, 0.15) is 16.1 Å². The van der Waals surface area contributed by atoms with E-state index in [-0.39, 0.29) is 11.5 Å². The van der Waals surface area contributed by atoms with Crippen molar-refractivity contribution >= 4 is 17.4 Å². The van der Waals surface area contributed by atoms with Crippen molar-refractivity contribution in [3.05, 3.63) is 59.1 Å². The lowest BCUT2D eigenvalue weighted by Gasteiger charge is -2.00. The molecule has 2 aromatic rings. The molecule has 2 heterocycles. The van der Waals surface area contributed by atoms with Crippen LogP contribution in [0.5, 0.6) is 0 Å². The van der Waals surface area contributed by atoms with E-state index in [0.29, 0.717) is 10.6 Å². The topological polar surface area (TPSA) is 42.9 Å². The predicted octanol–water partition coefficient (Wildman–Crippen LogP) is 2.36. The molecule has 2 aromatic heterocycles. The highest BCUT2D eigenvalue weighted by molar-refractivity contribution is 6.34. The molecule has 2 rings (SSSR count). The van der Waals surface area contributed by atoms with Crippen molar-refractivity contribution in [2.75, 3.05) is 0 Å². The first kappa shape index (κ1) is 9.80. The molecule has 4 heteroatoms. The summed E-state index contributed by atoms with van der Waals surface area (Å²) in [5, 5.41) is 0.353. The first-order valence-electron chi connectivity index (χ1n) is 4.34. The number of nitrogens with zero attached hydrogens (tertiary/aromatic N) is 2. The third kappa shape index (κ3) is 2.02. The van der Waals surface area contributed by atoms with Crippen LogP contribution in [0.3, 0.4) is 0 Å². The van der Waals surface area contributed by atoms with Gasteiger partial charge in [0.2, 0.25) is 5.78 Å². The average molecular weight is 219 g/mol. The van der Waals surface area contributed by atoms with Gasteiger partial charge in [-0.1, -0.05) is 11.6 Å². The molecule has 0 saturated carbocycles. The first-order valence-corrected chi connectivity index (χ1v) is 4.72. The average Bonchev–Trinajstić information content (AvgIpc) is 2.30. The molecule has 0 radical (unpaired) electrons. The summed E-state index contributed by atoms with van der Waals surface area (Å²) in [6.45, 7) is 0. The number of carbonyl (C=O) groups is 1. The molecular weight excluding hydrogens is 212 g/mol.